The van der Waals surface area contributed by atoms with Crippen molar-refractivity contribution in [3.05, 3.63) is 41.3 Å². The largest absolute Gasteiger partial charge is 0.465 e. The molecule has 1 aromatic rings. The number of thiophene rings is 1. The Balaban J connectivity index is 2.17. The van der Waals surface area contributed by atoms with Crippen LogP contribution in [0, 0.1) is 0 Å². The molecule has 6 heteroatoms. The zero-order valence-corrected chi connectivity index (χ0v) is 14.9. The SMILES string of the molecule is C=CCN(CC=C)CC(=O)Nc1sc2c(c1C(=O)OC)CCCC2. The molecule has 1 heterocycles. The number of anilines is 1. The maximum atomic E-state index is 12.4. The Bertz CT molecular complexity index is 626. The Hall–Kier alpha value is -1.92. The lowest BCUT2D eigenvalue weighted by Gasteiger charge is -2.18. The van der Waals surface area contributed by atoms with Crippen LogP contribution in [0.15, 0.2) is 25.3 Å². The van der Waals surface area contributed by atoms with E-state index in [4.69, 9.17) is 4.74 Å². The number of hydrogen-bond donors (Lipinski definition) is 1. The van der Waals surface area contributed by atoms with Gasteiger partial charge in [0, 0.05) is 18.0 Å². The van der Waals surface area contributed by atoms with E-state index in [1.165, 1.54) is 23.3 Å². The highest BCUT2D eigenvalue weighted by molar-refractivity contribution is 7.17. The Morgan fingerprint density at radius 2 is 1.92 bits per heavy atom. The molecule has 0 spiro atoms. The summed E-state index contributed by atoms with van der Waals surface area (Å²) in [5.41, 5.74) is 1.58. The van der Waals surface area contributed by atoms with Crippen LogP contribution < -0.4 is 5.32 Å². The van der Waals surface area contributed by atoms with Crippen LogP contribution in [0.5, 0.6) is 0 Å². The molecule has 1 aromatic heterocycles. The molecule has 0 aliphatic heterocycles. The van der Waals surface area contributed by atoms with Crippen LogP contribution in [0.4, 0.5) is 5.00 Å². The molecule has 0 saturated carbocycles. The van der Waals surface area contributed by atoms with E-state index in [9.17, 15) is 9.59 Å². The number of fused-ring (bicyclic) bond motifs is 1. The molecule has 0 bridgehead atoms. The molecule has 130 valence electrons. The molecule has 0 saturated heterocycles. The van der Waals surface area contributed by atoms with Crippen LogP contribution in [-0.4, -0.2) is 43.5 Å². The second kappa shape index (κ2) is 8.80. The summed E-state index contributed by atoms with van der Waals surface area (Å²) in [7, 11) is 1.37. The summed E-state index contributed by atoms with van der Waals surface area (Å²) >= 11 is 1.50. The molecule has 0 unspecified atom stereocenters. The third-order valence-corrected chi connectivity index (χ3v) is 5.16. The zero-order valence-electron chi connectivity index (χ0n) is 14.1. The number of aryl methyl sites for hydroxylation is 1. The van der Waals surface area contributed by atoms with Gasteiger partial charge in [-0.05, 0) is 31.2 Å². The van der Waals surface area contributed by atoms with Gasteiger partial charge in [0.2, 0.25) is 5.91 Å². The Kier molecular flexibility index (Phi) is 6.75. The monoisotopic (exact) mass is 348 g/mol. The maximum Gasteiger partial charge on any atom is 0.341 e. The first kappa shape index (κ1) is 18.4. The molecule has 0 fully saturated rings. The number of hydrogen-bond acceptors (Lipinski definition) is 5. The van der Waals surface area contributed by atoms with E-state index < -0.39 is 0 Å². The van der Waals surface area contributed by atoms with Crippen LogP contribution in [0.3, 0.4) is 0 Å². The molecular weight excluding hydrogens is 324 g/mol. The average molecular weight is 348 g/mol. The molecule has 1 amide bonds. The van der Waals surface area contributed by atoms with Crippen molar-refractivity contribution >= 4 is 28.2 Å². The van der Waals surface area contributed by atoms with E-state index >= 15 is 0 Å². The van der Waals surface area contributed by atoms with Gasteiger partial charge in [0.15, 0.2) is 0 Å². The van der Waals surface area contributed by atoms with E-state index in [0.717, 1.165) is 31.2 Å². The van der Waals surface area contributed by atoms with Gasteiger partial charge in [-0.25, -0.2) is 4.79 Å². The average Bonchev–Trinajstić information content (AvgIpc) is 2.92. The van der Waals surface area contributed by atoms with Crippen LogP contribution in [0.25, 0.3) is 0 Å². The summed E-state index contributed by atoms with van der Waals surface area (Å²) in [5.74, 6) is -0.527. The molecule has 0 radical (unpaired) electrons. The summed E-state index contributed by atoms with van der Waals surface area (Å²) in [6.07, 6.45) is 7.51. The summed E-state index contributed by atoms with van der Waals surface area (Å²) < 4.78 is 4.92. The van der Waals surface area contributed by atoms with Crippen molar-refractivity contribution in [2.24, 2.45) is 0 Å². The molecular formula is C18H24N2O3S. The van der Waals surface area contributed by atoms with Gasteiger partial charge in [0.25, 0.3) is 0 Å². The minimum atomic E-state index is -0.376. The summed E-state index contributed by atoms with van der Waals surface area (Å²) in [5, 5.41) is 3.51. The fourth-order valence-corrected chi connectivity index (χ4v) is 4.20. The Morgan fingerprint density at radius 3 is 2.54 bits per heavy atom. The highest BCUT2D eigenvalue weighted by Gasteiger charge is 2.27. The smallest absolute Gasteiger partial charge is 0.341 e. The molecule has 1 N–H and O–H groups in total. The molecule has 2 rings (SSSR count). The number of ether oxygens (including phenoxy) is 1. The van der Waals surface area contributed by atoms with Crippen molar-refractivity contribution in [1.82, 2.24) is 4.90 Å². The van der Waals surface area contributed by atoms with E-state index in [1.54, 1.807) is 12.2 Å². The van der Waals surface area contributed by atoms with Gasteiger partial charge in [-0.15, -0.1) is 24.5 Å². The van der Waals surface area contributed by atoms with Crippen molar-refractivity contribution in [1.29, 1.82) is 0 Å². The van der Waals surface area contributed by atoms with Gasteiger partial charge in [0.05, 0.1) is 19.2 Å². The van der Waals surface area contributed by atoms with Gasteiger partial charge in [0.1, 0.15) is 5.00 Å². The maximum absolute atomic E-state index is 12.4. The van der Waals surface area contributed by atoms with Crippen molar-refractivity contribution in [2.45, 2.75) is 25.7 Å². The van der Waals surface area contributed by atoms with E-state index in [2.05, 4.69) is 18.5 Å². The van der Waals surface area contributed by atoms with Crippen molar-refractivity contribution < 1.29 is 14.3 Å². The molecule has 0 aromatic carbocycles. The topological polar surface area (TPSA) is 58.6 Å². The van der Waals surface area contributed by atoms with Crippen molar-refractivity contribution in [3.8, 4) is 0 Å². The van der Waals surface area contributed by atoms with Gasteiger partial charge in [-0.3, -0.25) is 9.69 Å². The molecule has 1 aliphatic rings. The van der Waals surface area contributed by atoms with Gasteiger partial charge in [-0.2, -0.15) is 0 Å². The van der Waals surface area contributed by atoms with Gasteiger partial charge < -0.3 is 10.1 Å². The molecule has 1 aliphatic carbocycles. The van der Waals surface area contributed by atoms with Gasteiger partial charge >= 0.3 is 5.97 Å². The second-order valence-corrected chi connectivity index (χ2v) is 6.83. The summed E-state index contributed by atoms with van der Waals surface area (Å²) in [6.45, 7) is 8.83. The first-order chi connectivity index (χ1) is 11.6. The lowest BCUT2D eigenvalue weighted by Crippen LogP contribution is -2.33. The number of carbonyl (C=O) groups excluding carboxylic acids is 2. The molecule has 0 atom stereocenters. The van der Waals surface area contributed by atoms with Crippen molar-refractivity contribution in [3.63, 3.8) is 0 Å². The lowest BCUT2D eigenvalue weighted by molar-refractivity contribution is -0.117. The first-order valence-corrected chi connectivity index (χ1v) is 8.89. The standard InChI is InChI=1S/C18H24N2O3S/c1-4-10-20(11-5-2)12-15(21)19-17-16(18(22)23-3)13-8-6-7-9-14(13)24-17/h4-5H,1-2,6-12H2,3H3,(H,19,21). The van der Waals surface area contributed by atoms with Gasteiger partial charge in [-0.1, -0.05) is 12.2 Å². The third kappa shape index (κ3) is 4.33. The zero-order chi connectivity index (χ0) is 17.5. The number of nitrogens with one attached hydrogen (secondary N) is 1. The number of carbonyl (C=O) groups is 2. The third-order valence-electron chi connectivity index (χ3n) is 3.96. The minimum absolute atomic E-state index is 0.151. The summed E-state index contributed by atoms with van der Waals surface area (Å²) in [4.78, 5) is 27.7. The quantitative estimate of drug-likeness (QED) is 0.579. The van der Waals surface area contributed by atoms with Crippen LogP contribution in [0.1, 0.15) is 33.6 Å². The van der Waals surface area contributed by atoms with Crippen LogP contribution in [-0.2, 0) is 22.4 Å². The predicted molar refractivity (Wildman–Crippen MR) is 97.8 cm³/mol. The fraction of sp³-hybridized carbons (Fsp3) is 0.444. The normalized spacial score (nSPS) is 13.2. The number of esters is 1. The Labute approximate surface area is 147 Å². The van der Waals surface area contributed by atoms with E-state index in [-0.39, 0.29) is 18.4 Å². The lowest BCUT2D eigenvalue weighted by atomic mass is 9.95. The van der Waals surface area contributed by atoms with Crippen LogP contribution in [0.2, 0.25) is 0 Å². The summed E-state index contributed by atoms with van der Waals surface area (Å²) in [6, 6.07) is 0. The highest BCUT2D eigenvalue weighted by Crippen LogP contribution is 2.38. The number of amides is 1. The number of nitrogens with zero attached hydrogens (tertiary/aromatic N) is 1. The fourth-order valence-electron chi connectivity index (χ4n) is 2.91. The second-order valence-electron chi connectivity index (χ2n) is 5.73. The first-order valence-electron chi connectivity index (χ1n) is 8.07. The van der Waals surface area contributed by atoms with Crippen LogP contribution >= 0.6 is 11.3 Å². The number of methoxy groups -OCH3 is 1. The molecule has 5 nitrogen and oxygen atoms in total. The minimum Gasteiger partial charge on any atom is -0.465 e. The van der Waals surface area contributed by atoms with Crippen molar-refractivity contribution in [2.75, 3.05) is 32.1 Å². The predicted octanol–water partition coefficient (Wildman–Crippen LogP) is 3.03. The highest BCUT2D eigenvalue weighted by atomic mass is 32.1. The Morgan fingerprint density at radius 1 is 1.25 bits per heavy atom. The number of rotatable bonds is 8. The van der Waals surface area contributed by atoms with E-state index in [1.807, 2.05) is 4.90 Å². The molecule has 24 heavy (non-hydrogen) atoms. The van der Waals surface area contributed by atoms with E-state index in [0.29, 0.717) is 23.7 Å².